The zero-order valence-corrected chi connectivity index (χ0v) is 8.40. The SMILES string of the molecule is Cc1cc(F)ccc1C(=O)N1CC(O)C1. The highest BCUT2D eigenvalue weighted by molar-refractivity contribution is 5.96. The van der Waals surface area contributed by atoms with Crippen molar-refractivity contribution >= 4 is 5.91 Å². The largest absolute Gasteiger partial charge is 0.389 e. The van der Waals surface area contributed by atoms with Crippen LogP contribution < -0.4 is 0 Å². The summed E-state index contributed by atoms with van der Waals surface area (Å²) in [5.41, 5.74) is 1.13. The number of hydrogen-bond acceptors (Lipinski definition) is 2. The molecule has 1 aromatic carbocycles. The van der Waals surface area contributed by atoms with Gasteiger partial charge in [0.2, 0.25) is 0 Å². The first-order chi connectivity index (χ1) is 7.08. The number of β-amino-alcohol motifs (C(OH)–C–C–N with tert-alkyl or cyclic N) is 1. The highest BCUT2D eigenvalue weighted by Crippen LogP contribution is 2.16. The van der Waals surface area contributed by atoms with Gasteiger partial charge in [-0.25, -0.2) is 4.39 Å². The first-order valence-electron chi connectivity index (χ1n) is 4.81. The number of benzene rings is 1. The second-order valence-electron chi connectivity index (χ2n) is 3.82. The fraction of sp³-hybridized carbons (Fsp3) is 0.364. The fourth-order valence-corrected chi connectivity index (χ4v) is 1.66. The molecular weight excluding hydrogens is 197 g/mol. The van der Waals surface area contributed by atoms with Crippen molar-refractivity contribution in [1.29, 1.82) is 0 Å². The second-order valence-corrected chi connectivity index (χ2v) is 3.82. The van der Waals surface area contributed by atoms with Crippen LogP contribution in [-0.2, 0) is 0 Å². The van der Waals surface area contributed by atoms with E-state index in [1.165, 1.54) is 18.2 Å². The number of likely N-dealkylation sites (tertiary alicyclic amines) is 1. The smallest absolute Gasteiger partial charge is 0.254 e. The molecule has 1 aliphatic rings. The maximum atomic E-state index is 12.8. The van der Waals surface area contributed by atoms with Gasteiger partial charge >= 0.3 is 0 Å². The molecule has 1 N–H and O–H groups in total. The van der Waals surface area contributed by atoms with Crippen molar-refractivity contribution in [2.45, 2.75) is 13.0 Å². The predicted molar refractivity (Wildman–Crippen MR) is 53.0 cm³/mol. The number of halogens is 1. The van der Waals surface area contributed by atoms with Gasteiger partial charge in [-0.1, -0.05) is 0 Å². The molecule has 0 unspecified atom stereocenters. The number of aliphatic hydroxyl groups excluding tert-OH is 1. The van der Waals surface area contributed by atoms with Crippen LogP contribution in [0.25, 0.3) is 0 Å². The number of aryl methyl sites for hydroxylation is 1. The monoisotopic (exact) mass is 209 g/mol. The Hall–Kier alpha value is -1.42. The van der Waals surface area contributed by atoms with Gasteiger partial charge in [-0.05, 0) is 30.7 Å². The van der Waals surface area contributed by atoms with Crippen molar-refractivity contribution in [1.82, 2.24) is 4.90 Å². The minimum absolute atomic E-state index is 0.141. The highest BCUT2D eigenvalue weighted by Gasteiger charge is 2.29. The van der Waals surface area contributed by atoms with Crippen LogP contribution in [0.3, 0.4) is 0 Å². The minimum atomic E-state index is -0.408. The summed E-state index contributed by atoms with van der Waals surface area (Å²) in [7, 11) is 0. The Morgan fingerprint density at radius 3 is 2.73 bits per heavy atom. The molecule has 80 valence electrons. The van der Waals surface area contributed by atoms with Gasteiger partial charge in [-0.15, -0.1) is 0 Å². The van der Waals surface area contributed by atoms with Crippen molar-refractivity contribution in [3.05, 3.63) is 35.1 Å². The van der Waals surface area contributed by atoms with E-state index < -0.39 is 6.10 Å². The number of carbonyl (C=O) groups excluding carboxylic acids is 1. The van der Waals surface area contributed by atoms with E-state index in [4.69, 9.17) is 5.11 Å². The molecule has 0 atom stereocenters. The molecule has 0 bridgehead atoms. The molecule has 0 aliphatic carbocycles. The van der Waals surface area contributed by atoms with Crippen molar-refractivity contribution in [3.8, 4) is 0 Å². The third kappa shape index (κ3) is 1.85. The lowest BCUT2D eigenvalue weighted by atomic mass is 10.0. The topological polar surface area (TPSA) is 40.5 Å². The quantitative estimate of drug-likeness (QED) is 0.748. The number of nitrogens with zero attached hydrogens (tertiary/aromatic N) is 1. The molecule has 1 saturated heterocycles. The Labute approximate surface area is 87.1 Å². The molecule has 3 nitrogen and oxygen atoms in total. The molecule has 1 aromatic rings. The Kier molecular flexibility index (Phi) is 2.44. The van der Waals surface area contributed by atoms with Gasteiger partial charge < -0.3 is 10.0 Å². The van der Waals surface area contributed by atoms with Gasteiger partial charge in [0.1, 0.15) is 5.82 Å². The molecule has 15 heavy (non-hydrogen) atoms. The summed E-state index contributed by atoms with van der Waals surface area (Å²) in [5.74, 6) is -0.481. The average molecular weight is 209 g/mol. The van der Waals surface area contributed by atoms with E-state index in [0.29, 0.717) is 24.2 Å². The Morgan fingerprint density at radius 1 is 1.53 bits per heavy atom. The van der Waals surface area contributed by atoms with Gasteiger partial charge in [0.05, 0.1) is 6.10 Å². The molecule has 1 aliphatic heterocycles. The summed E-state index contributed by atoms with van der Waals surface area (Å²) in [6.07, 6.45) is -0.408. The Balaban J connectivity index is 2.19. The molecule has 4 heteroatoms. The maximum absolute atomic E-state index is 12.8. The summed E-state index contributed by atoms with van der Waals surface area (Å²) in [4.78, 5) is 13.3. The van der Waals surface area contributed by atoms with Crippen LogP contribution in [0.5, 0.6) is 0 Å². The molecule has 1 heterocycles. The van der Waals surface area contributed by atoms with Crippen molar-refractivity contribution in [3.63, 3.8) is 0 Å². The highest BCUT2D eigenvalue weighted by atomic mass is 19.1. The van der Waals surface area contributed by atoms with E-state index in [9.17, 15) is 9.18 Å². The number of hydrogen-bond donors (Lipinski definition) is 1. The number of aliphatic hydroxyl groups is 1. The van der Waals surface area contributed by atoms with E-state index in [2.05, 4.69) is 0 Å². The van der Waals surface area contributed by atoms with Crippen LogP contribution >= 0.6 is 0 Å². The molecule has 0 saturated carbocycles. The lowest BCUT2D eigenvalue weighted by molar-refractivity contribution is 0.00584. The van der Waals surface area contributed by atoms with Gasteiger partial charge in [0.25, 0.3) is 5.91 Å². The normalized spacial score (nSPS) is 16.3. The van der Waals surface area contributed by atoms with Crippen molar-refractivity contribution in [2.75, 3.05) is 13.1 Å². The summed E-state index contributed by atoms with van der Waals surface area (Å²) in [5, 5.41) is 9.07. The number of amides is 1. The van der Waals surface area contributed by atoms with Gasteiger partial charge in [0.15, 0.2) is 0 Å². The zero-order valence-electron chi connectivity index (χ0n) is 8.40. The molecule has 1 amide bonds. The standard InChI is InChI=1S/C11H12FNO2/c1-7-4-8(12)2-3-10(7)11(15)13-5-9(14)6-13/h2-4,9,14H,5-6H2,1H3. The lowest BCUT2D eigenvalue weighted by Crippen LogP contribution is -2.53. The van der Waals surface area contributed by atoms with Crippen molar-refractivity contribution in [2.24, 2.45) is 0 Å². The maximum Gasteiger partial charge on any atom is 0.254 e. The number of rotatable bonds is 1. The minimum Gasteiger partial charge on any atom is -0.389 e. The van der Waals surface area contributed by atoms with Crippen LogP contribution in [0.1, 0.15) is 15.9 Å². The summed E-state index contributed by atoms with van der Waals surface area (Å²) in [6.45, 7) is 2.44. The van der Waals surface area contributed by atoms with Crippen LogP contribution in [0.15, 0.2) is 18.2 Å². The van der Waals surface area contributed by atoms with Gasteiger partial charge in [0, 0.05) is 18.7 Å². The second kappa shape index (κ2) is 3.62. The average Bonchev–Trinajstić information content (AvgIpc) is 2.12. The molecule has 1 fully saturated rings. The van der Waals surface area contributed by atoms with E-state index in [0.717, 1.165) is 0 Å². The Morgan fingerprint density at radius 2 is 2.20 bits per heavy atom. The van der Waals surface area contributed by atoms with E-state index >= 15 is 0 Å². The molecule has 2 rings (SSSR count). The predicted octanol–water partition coefficient (Wildman–Crippen LogP) is 0.951. The Bertz CT molecular complexity index is 400. The van der Waals surface area contributed by atoms with Crippen LogP contribution in [0, 0.1) is 12.7 Å². The summed E-state index contributed by atoms with van der Waals surface area (Å²) >= 11 is 0. The van der Waals surface area contributed by atoms with Crippen LogP contribution in [-0.4, -0.2) is 35.1 Å². The first kappa shape index (κ1) is 10.1. The van der Waals surface area contributed by atoms with Crippen molar-refractivity contribution < 1.29 is 14.3 Å². The van der Waals surface area contributed by atoms with Gasteiger partial charge in [-0.3, -0.25) is 4.79 Å². The zero-order chi connectivity index (χ0) is 11.0. The van der Waals surface area contributed by atoms with Crippen LogP contribution in [0.2, 0.25) is 0 Å². The van der Waals surface area contributed by atoms with E-state index in [-0.39, 0.29) is 11.7 Å². The molecule has 0 aromatic heterocycles. The fourth-order valence-electron chi connectivity index (χ4n) is 1.66. The third-order valence-electron chi connectivity index (χ3n) is 2.57. The lowest BCUT2D eigenvalue weighted by Gasteiger charge is -2.36. The van der Waals surface area contributed by atoms with E-state index in [1.54, 1.807) is 11.8 Å². The van der Waals surface area contributed by atoms with Gasteiger partial charge in [-0.2, -0.15) is 0 Å². The molecule has 0 spiro atoms. The summed E-state index contributed by atoms with van der Waals surface area (Å²) < 4.78 is 12.8. The molecule has 0 radical (unpaired) electrons. The van der Waals surface area contributed by atoms with E-state index in [1.807, 2.05) is 0 Å². The third-order valence-corrected chi connectivity index (χ3v) is 2.57. The molecular formula is C11H12FNO2. The van der Waals surface area contributed by atoms with Crippen LogP contribution in [0.4, 0.5) is 4.39 Å². The summed E-state index contributed by atoms with van der Waals surface area (Å²) in [6, 6.07) is 4.09. The first-order valence-corrected chi connectivity index (χ1v) is 4.81. The number of carbonyl (C=O) groups is 1.